The first-order chi connectivity index (χ1) is 13.2. The molecule has 2 fully saturated rings. The Hall–Kier alpha value is -1.30. The summed E-state index contributed by atoms with van der Waals surface area (Å²) < 4.78 is 10.8. The Morgan fingerprint density at radius 2 is 1.63 bits per heavy atom. The second kappa shape index (κ2) is 10.3. The van der Waals surface area contributed by atoms with E-state index in [9.17, 15) is 5.11 Å². The minimum atomic E-state index is 0.251. The fourth-order valence-electron chi connectivity index (χ4n) is 4.69. The van der Waals surface area contributed by atoms with E-state index < -0.39 is 0 Å². The maximum absolute atomic E-state index is 9.62. The summed E-state index contributed by atoms with van der Waals surface area (Å²) in [7, 11) is 3.39. The fourth-order valence-corrected chi connectivity index (χ4v) is 4.69. The molecule has 5 heteroatoms. The van der Waals surface area contributed by atoms with Crippen LogP contribution < -0.4 is 9.47 Å². The average Bonchev–Trinajstić information content (AvgIpc) is 2.98. The minimum Gasteiger partial charge on any atom is -0.497 e. The van der Waals surface area contributed by atoms with Gasteiger partial charge in [-0.05, 0) is 37.0 Å². The molecule has 1 aliphatic carbocycles. The summed E-state index contributed by atoms with van der Waals surface area (Å²) in [6.45, 7) is 4.39. The van der Waals surface area contributed by atoms with Gasteiger partial charge in [0.1, 0.15) is 11.5 Å². The topological polar surface area (TPSA) is 45.2 Å². The maximum atomic E-state index is 9.62. The molecule has 152 valence electrons. The Morgan fingerprint density at radius 3 is 2.22 bits per heavy atom. The molecule has 0 aromatic heterocycles. The smallest absolute Gasteiger partial charge is 0.122 e. The van der Waals surface area contributed by atoms with Crippen LogP contribution in [0.2, 0.25) is 0 Å². The van der Waals surface area contributed by atoms with Crippen molar-refractivity contribution in [3.8, 4) is 11.5 Å². The highest BCUT2D eigenvalue weighted by atomic mass is 16.5. The second-order valence-electron chi connectivity index (χ2n) is 8.00. The molecular formula is C22H36N2O3. The van der Waals surface area contributed by atoms with Crippen LogP contribution in [0.3, 0.4) is 0 Å². The number of aliphatic hydroxyl groups is 1. The molecule has 1 unspecified atom stereocenters. The van der Waals surface area contributed by atoms with Crippen LogP contribution in [0, 0.1) is 0 Å². The number of piperazine rings is 1. The molecule has 3 rings (SSSR count). The molecular weight excluding hydrogens is 340 g/mol. The first-order valence-electron chi connectivity index (χ1n) is 10.5. The van der Waals surface area contributed by atoms with Gasteiger partial charge in [0.05, 0.1) is 14.2 Å². The third kappa shape index (κ3) is 5.59. The third-order valence-corrected chi connectivity index (χ3v) is 6.24. The molecule has 1 aromatic rings. The molecule has 27 heavy (non-hydrogen) atoms. The predicted octanol–water partition coefficient (Wildman–Crippen LogP) is 3.30. The summed E-state index contributed by atoms with van der Waals surface area (Å²) in [4.78, 5) is 5.23. The number of hydrogen-bond donors (Lipinski definition) is 1. The Morgan fingerprint density at radius 1 is 0.963 bits per heavy atom. The summed E-state index contributed by atoms with van der Waals surface area (Å²) in [5.74, 6) is 1.67. The number of nitrogens with zero attached hydrogens (tertiary/aromatic N) is 2. The SMILES string of the molecule is COc1cc(CN2CCN(C3CCCCCC3)CC2CCO)cc(OC)c1. The Bertz CT molecular complexity index is 550. The van der Waals surface area contributed by atoms with Crippen molar-refractivity contribution in [1.29, 1.82) is 0 Å². The molecule has 1 aromatic carbocycles. The zero-order valence-electron chi connectivity index (χ0n) is 17.0. The molecule has 1 saturated carbocycles. The van der Waals surface area contributed by atoms with E-state index in [1.54, 1.807) is 14.2 Å². The van der Waals surface area contributed by atoms with Crippen LogP contribution in [0.5, 0.6) is 11.5 Å². The third-order valence-electron chi connectivity index (χ3n) is 6.24. The van der Waals surface area contributed by atoms with Gasteiger partial charge in [0.2, 0.25) is 0 Å². The van der Waals surface area contributed by atoms with Crippen molar-refractivity contribution in [2.24, 2.45) is 0 Å². The van der Waals surface area contributed by atoms with E-state index in [2.05, 4.69) is 21.9 Å². The highest BCUT2D eigenvalue weighted by Crippen LogP contribution is 2.28. The first-order valence-corrected chi connectivity index (χ1v) is 10.5. The molecule has 1 N–H and O–H groups in total. The lowest BCUT2D eigenvalue weighted by Crippen LogP contribution is -2.55. The molecule has 5 nitrogen and oxygen atoms in total. The number of benzene rings is 1. The molecule has 0 bridgehead atoms. The van der Waals surface area contributed by atoms with E-state index in [-0.39, 0.29) is 6.61 Å². The predicted molar refractivity (Wildman–Crippen MR) is 109 cm³/mol. The lowest BCUT2D eigenvalue weighted by atomic mass is 10.0. The van der Waals surface area contributed by atoms with Gasteiger partial charge in [0, 0.05) is 50.9 Å². The molecule has 2 aliphatic rings. The largest absolute Gasteiger partial charge is 0.497 e. The minimum absolute atomic E-state index is 0.251. The molecule has 0 radical (unpaired) electrons. The molecule has 1 aliphatic heterocycles. The fraction of sp³-hybridized carbons (Fsp3) is 0.727. The van der Waals surface area contributed by atoms with Gasteiger partial charge in [-0.2, -0.15) is 0 Å². The van der Waals surface area contributed by atoms with Gasteiger partial charge in [-0.1, -0.05) is 25.7 Å². The van der Waals surface area contributed by atoms with Crippen molar-refractivity contribution in [3.05, 3.63) is 23.8 Å². The number of aliphatic hydroxyl groups excluding tert-OH is 1. The Labute approximate surface area is 164 Å². The standard InChI is InChI=1S/C22H36N2O3/c1-26-21-13-18(14-22(15-21)27-2)16-23-10-11-24(17-20(23)9-12-25)19-7-5-3-4-6-8-19/h13-15,19-20,25H,3-12,16-17H2,1-2H3. The molecule has 0 spiro atoms. The average molecular weight is 377 g/mol. The number of hydrogen-bond acceptors (Lipinski definition) is 5. The van der Waals surface area contributed by atoms with Gasteiger partial charge in [0.15, 0.2) is 0 Å². The quantitative estimate of drug-likeness (QED) is 0.740. The monoisotopic (exact) mass is 376 g/mol. The van der Waals surface area contributed by atoms with Crippen molar-refractivity contribution in [2.45, 2.75) is 63.6 Å². The van der Waals surface area contributed by atoms with Crippen LogP contribution in [0.1, 0.15) is 50.5 Å². The van der Waals surface area contributed by atoms with Crippen molar-refractivity contribution < 1.29 is 14.6 Å². The molecule has 1 saturated heterocycles. The van der Waals surface area contributed by atoms with Gasteiger partial charge in [-0.25, -0.2) is 0 Å². The van der Waals surface area contributed by atoms with Gasteiger partial charge in [0.25, 0.3) is 0 Å². The lowest BCUT2D eigenvalue weighted by Gasteiger charge is -2.44. The zero-order valence-corrected chi connectivity index (χ0v) is 17.0. The highest BCUT2D eigenvalue weighted by Gasteiger charge is 2.30. The summed E-state index contributed by atoms with van der Waals surface area (Å²) in [5, 5.41) is 9.62. The van der Waals surface area contributed by atoms with Crippen LogP contribution in [-0.4, -0.2) is 67.5 Å². The summed E-state index contributed by atoms with van der Waals surface area (Å²) in [6.07, 6.45) is 9.07. The van der Waals surface area contributed by atoms with Crippen molar-refractivity contribution in [3.63, 3.8) is 0 Å². The van der Waals surface area contributed by atoms with Crippen LogP contribution in [0.4, 0.5) is 0 Å². The van der Waals surface area contributed by atoms with Crippen molar-refractivity contribution in [1.82, 2.24) is 9.80 Å². The van der Waals surface area contributed by atoms with Crippen LogP contribution in [-0.2, 0) is 6.54 Å². The zero-order chi connectivity index (χ0) is 19.1. The lowest BCUT2D eigenvalue weighted by molar-refractivity contribution is 0.0275. The van der Waals surface area contributed by atoms with Crippen LogP contribution in [0.15, 0.2) is 18.2 Å². The summed E-state index contributed by atoms with van der Waals surface area (Å²) in [5.41, 5.74) is 1.21. The molecule has 1 atom stereocenters. The molecule has 1 heterocycles. The normalized spacial score (nSPS) is 23.1. The first kappa shape index (κ1) is 20.4. The van der Waals surface area contributed by atoms with Gasteiger partial charge >= 0.3 is 0 Å². The Kier molecular flexibility index (Phi) is 7.80. The van der Waals surface area contributed by atoms with E-state index in [1.165, 1.54) is 44.1 Å². The van der Waals surface area contributed by atoms with Crippen molar-refractivity contribution in [2.75, 3.05) is 40.5 Å². The van der Waals surface area contributed by atoms with Gasteiger partial charge in [-0.3, -0.25) is 9.80 Å². The van der Waals surface area contributed by atoms with Crippen LogP contribution in [0.25, 0.3) is 0 Å². The number of rotatable bonds is 7. The van der Waals surface area contributed by atoms with E-state index in [0.717, 1.165) is 50.1 Å². The van der Waals surface area contributed by atoms with Gasteiger partial charge < -0.3 is 14.6 Å². The van der Waals surface area contributed by atoms with E-state index >= 15 is 0 Å². The van der Waals surface area contributed by atoms with Crippen LogP contribution >= 0.6 is 0 Å². The second-order valence-corrected chi connectivity index (χ2v) is 8.00. The highest BCUT2D eigenvalue weighted by molar-refractivity contribution is 5.38. The molecule has 0 amide bonds. The van der Waals surface area contributed by atoms with E-state index in [4.69, 9.17) is 9.47 Å². The van der Waals surface area contributed by atoms with Crippen molar-refractivity contribution >= 4 is 0 Å². The Balaban J connectivity index is 1.67. The maximum Gasteiger partial charge on any atom is 0.122 e. The number of ether oxygens (including phenoxy) is 2. The van der Waals surface area contributed by atoms with E-state index in [1.807, 2.05) is 6.07 Å². The van der Waals surface area contributed by atoms with Gasteiger partial charge in [-0.15, -0.1) is 0 Å². The summed E-state index contributed by atoms with van der Waals surface area (Å²) in [6, 6.07) is 7.25. The summed E-state index contributed by atoms with van der Waals surface area (Å²) >= 11 is 0. The van der Waals surface area contributed by atoms with E-state index in [0.29, 0.717) is 6.04 Å². The number of methoxy groups -OCH3 is 2.